The molecule has 66 valence electrons. The lowest BCUT2D eigenvalue weighted by atomic mass is 9.91. The van der Waals surface area contributed by atoms with Crippen LogP contribution in [0.25, 0.3) is 0 Å². The minimum absolute atomic E-state index is 0.631. The van der Waals surface area contributed by atoms with E-state index < -0.39 is 0 Å². The first-order chi connectivity index (χ1) is 5.70. The van der Waals surface area contributed by atoms with Crippen LogP contribution >= 0.6 is 0 Å². The van der Waals surface area contributed by atoms with Crippen LogP contribution in [0.5, 0.6) is 0 Å². The second-order valence-corrected chi connectivity index (χ2v) is 3.36. The molecule has 0 saturated carbocycles. The molecular weight excluding hydrogens is 146 g/mol. The van der Waals surface area contributed by atoms with Gasteiger partial charge in [0.25, 0.3) is 0 Å². The van der Waals surface area contributed by atoms with E-state index in [1.807, 2.05) is 12.2 Å². The Bertz CT molecular complexity index is 201. The molecule has 0 radical (unpaired) electrons. The summed E-state index contributed by atoms with van der Waals surface area (Å²) in [7, 11) is 2.10. The third kappa shape index (κ3) is 1.45. The van der Waals surface area contributed by atoms with E-state index in [9.17, 15) is 0 Å². The standard InChI is InChI=1S/C11H17N/c1-5-10-9(3)7-8-12(4)11(10)6-2/h5-6,9H,1-2,7-8H2,3-4H3. The zero-order valence-corrected chi connectivity index (χ0v) is 8.01. The van der Waals surface area contributed by atoms with Crippen molar-refractivity contribution in [2.75, 3.05) is 13.6 Å². The molecule has 0 spiro atoms. The predicted molar refractivity (Wildman–Crippen MR) is 53.8 cm³/mol. The van der Waals surface area contributed by atoms with Crippen molar-refractivity contribution in [1.29, 1.82) is 0 Å². The third-order valence-electron chi connectivity index (χ3n) is 2.55. The van der Waals surface area contributed by atoms with E-state index in [2.05, 4.69) is 32.0 Å². The number of nitrogens with zero attached hydrogens (tertiary/aromatic N) is 1. The van der Waals surface area contributed by atoms with Crippen LogP contribution in [0.4, 0.5) is 0 Å². The molecule has 0 saturated heterocycles. The Balaban J connectivity index is 3.05. The zero-order chi connectivity index (χ0) is 9.14. The van der Waals surface area contributed by atoms with Gasteiger partial charge in [-0.2, -0.15) is 0 Å². The number of likely N-dealkylation sites (N-methyl/N-ethyl adjacent to an activating group) is 1. The SMILES string of the molecule is C=CC1=C(C=C)N(C)CCC1C. The lowest BCUT2D eigenvalue weighted by Crippen LogP contribution is -2.27. The van der Waals surface area contributed by atoms with Gasteiger partial charge in [-0.3, -0.25) is 0 Å². The highest BCUT2D eigenvalue weighted by Crippen LogP contribution is 2.27. The molecule has 0 amide bonds. The molecule has 0 fully saturated rings. The first-order valence-electron chi connectivity index (χ1n) is 4.41. The van der Waals surface area contributed by atoms with Crippen LogP contribution < -0.4 is 0 Å². The average Bonchev–Trinajstić information content (AvgIpc) is 2.08. The van der Waals surface area contributed by atoms with E-state index in [1.165, 1.54) is 17.7 Å². The Kier molecular flexibility index (Phi) is 2.74. The van der Waals surface area contributed by atoms with Gasteiger partial charge in [0.2, 0.25) is 0 Å². The monoisotopic (exact) mass is 163 g/mol. The lowest BCUT2D eigenvalue weighted by molar-refractivity contribution is 0.356. The van der Waals surface area contributed by atoms with Gasteiger partial charge in [-0.25, -0.2) is 0 Å². The first kappa shape index (κ1) is 9.11. The van der Waals surface area contributed by atoms with Crippen LogP contribution in [-0.4, -0.2) is 18.5 Å². The second kappa shape index (κ2) is 3.61. The molecule has 0 aromatic rings. The van der Waals surface area contributed by atoms with Gasteiger partial charge in [-0.15, -0.1) is 0 Å². The van der Waals surface area contributed by atoms with Gasteiger partial charge in [0.05, 0.1) is 0 Å². The van der Waals surface area contributed by atoms with Gasteiger partial charge in [0, 0.05) is 19.3 Å². The van der Waals surface area contributed by atoms with E-state index in [0.29, 0.717) is 5.92 Å². The maximum Gasteiger partial charge on any atom is 0.0392 e. The second-order valence-electron chi connectivity index (χ2n) is 3.36. The van der Waals surface area contributed by atoms with Crippen molar-refractivity contribution in [3.8, 4) is 0 Å². The topological polar surface area (TPSA) is 3.24 Å². The summed E-state index contributed by atoms with van der Waals surface area (Å²) in [4.78, 5) is 2.24. The lowest BCUT2D eigenvalue weighted by Gasteiger charge is -2.31. The fourth-order valence-electron chi connectivity index (χ4n) is 1.72. The summed E-state index contributed by atoms with van der Waals surface area (Å²) < 4.78 is 0. The maximum absolute atomic E-state index is 3.84. The molecule has 1 heteroatoms. The van der Waals surface area contributed by atoms with Crippen molar-refractivity contribution >= 4 is 0 Å². The van der Waals surface area contributed by atoms with Gasteiger partial charge in [0.15, 0.2) is 0 Å². The van der Waals surface area contributed by atoms with E-state index in [0.717, 1.165) is 6.54 Å². The van der Waals surface area contributed by atoms with Crippen molar-refractivity contribution in [3.63, 3.8) is 0 Å². The molecule has 0 aromatic heterocycles. The van der Waals surface area contributed by atoms with Crippen LogP contribution in [-0.2, 0) is 0 Å². The van der Waals surface area contributed by atoms with E-state index in [4.69, 9.17) is 0 Å². The molecule has 1 unspecified atom stereocenters. The Morgan fingerprint density at radius 2 is 2.08 bits per heavy atom. The molecule has 1 atom stereocenters. The summed E-state index contributed by atoms with van der Waals surface area (Å²) in [6, 6.07) is 0. The zero-order valence-electron chi connectivity index (χ0n) is 8.01. The fraction of sp³-hybridized carbons (Fsp3) is 0.455. The van der Waals surface area contributed by atoms with Crippen molar-refractivity contribution in [1.82, 2.24) is 4.90 Å². The van der Waals surface area contributed by atoms with Crippen molar-refractivity contribution in [2.45, 2.75) is 13.3 Å². The molecule has 1 rings (SSSR count). The number of hydrogen-bond donors (Lipinski definition) is 0. The highest BCUT2D eigenvalue weighted by molar-refractivity contribution is 5.33. The Morgan fingerprint density at radius 1 is 1.42 bits per heavy atom. The largest absolute Gasteiger partial charge is 0.374 e. The van der Waals surface area contributed by atoms with Crippen LogP contribution in [0, 0.1) is 5.92 Å². The minimum atomic E-state index is 0.631. The van der Waals surface area contributed by atoms with Gasteiger partial charge in [-0.1, -0.05) is 26.2 Å². The number of rotatable bonds is 2. The van der Waals surface area contributed by atoms with Crippen molar-refractivity contribution in [3.05, 3.63) is 36.6 Å². The van der Waals surface area contributed by atoms with Crippen LogP contribution in [0.2, 0.25) is 0 Å². The van der Waals surface area contributed by atoms with Crippen LogP contribution in [0.3, 0.4) is 0 Å². The summed E-state index contributed by atoms with van der Waals surface area (Å²) in [6.45, 7) is 11.0. The molecule has 1 nitrogen and oxygen atoms in total. The van der Waals surface area contributed by atoms with Gasteiger partial charge >= 0.3 is 0 Å². The van der Waals surface area contributed by atoms with Crippen LogP contribution in [0.15, 0.2) is 36.6 Å². The molecule has 1 aliphatic heterocycles. The summed E-state index contributed by atoms with van der Waals surface area (Å²) in [5, 5.41) is 0. The molecule has 1 aliphatic rings. The number of hydrogen-bond acceptors (Lipinski definition) is 1. The Hall–Kier alpha value is -0.980. The quantitative estimate of drug-likeness (QED) is 0.604. The molecular formula is C11H17N. The predicted octanol–water partition coefficient (Wildman–Crippen LogP) is 2.58. The summed E-state index contributed by atoms with van der Waals surface area (Å²) in [6.07, 6.45) is 5.10. The Labute approximate surface area is 75.1 Å². The molecule has 1 heterocycles. The maximum atomic E-state index is 3.84. The highest BCUT2D eigenvalue weighted by Gasteiger charge is 2.18. The molecule has 0 aromatic carbocycles. The Morgan fingerprint density at radius 3 is 2.50 bits per heavy atom. The van der Waals surface area contributed by atoms with Gasteiger partial charge < -0.3 is 4.90 Å². The van der Waals surface area contributed by atoms with E-state index >= 15 is 0 Å². The first-order valence-corrected chi connectivity index (χ1v) is 4.41. The molecule has 12 heavy (non-hydrogen) atoms. The summed E-state index contributed by atoms with van der Waals surface area (Å²) in [5.74, 6) is 0.631. The third-order valence-corrected chi connectivity index (χ3v) is 2.55. The van der Waals surface area contributed by atoms with E-state index in [-0.39, 0.29) is 0 Å². The van der Waals surface area contributed by atoms with Gasteiger partial charge in [0.1, 0.15) is 0 Å². The molecule has 0 bridgehead atoms. The van der Waals surface area contributed by atoms with Crippen molar-refractivity contribution in [2.24, 2.45) is 5.92 Å². The van der Waals surface area contributed by atoms with Gasteiger partial charge in [-0.05, 0) is 24.0 Å². The van der Waals surface area contributed by atoms with Crippen molar-refractivity contribution < 1.29 is 0 Å². The van der Waals surface area contributed by atoms with E-state index in [1.54, 1.807) is 0 Å². The summed E-state index contributed by atoms with van der Waals surface area (Å²) in [5.41, 5.74) is 2.57. The number of allylic oxidation sites excluding steroid dienone is 3. The smallest absolute Gasteiger partial charge is 0.0392 e. The molecule has 0 aliphatic carbocycles. The summed E-state index contributed by atoms with van der Waals surface area (Å²) >= 11 is 0. The average molecular weight is 163 g/mol. The van der Waals surface area contributed by atoms with Crippen LogP contribution in [0.1, 0.15) is 13.3 Å². The minimum Gasteiger partial charge on any atom is -0.374 e. The molecule has 0 N–H and O–H groups in total. The normalized spacial score (nSPS) is 24.2. The fourth-order valence-corrected chi connectivity index (χ4v) is 1.72. The highest BCUT2D eigenvalue weighted by atomic mass is 15.1.